The van der Waals surface area contributed by atoms with E-state index in [2.05, 4.69) is 12.2 Å². The average molecular weight is 123 g/mol. The molecule has 0 saturated carbocycles. The number of hydrogen-bond donors (Lipinski definition) is 3. The van der Waals surface area contributed by atoms with E-state index in [1.54, 1.807) is 0 Å². The number of nitrogens with two attached hydrogens (primary N) is 1. The van der Waals surface area contributed by atoms with Gasteiger partial charge < -0.3 is 11.1 Å². The summed E-state index contributed by atoms with van der Waals surface area (Å²) in [5.41, 5.74) is 4.84. The Morgan fingerprint density at radius 1 is 1.86 bits per heavy atom. The third kappa shape index (κ3) is 10.8. The summed E-state index contributed by atoms with van der Waals surface area (Å²) in [6.45, 7) is 3.88. The van der Waals surface area contributed by atoms with E-state index in [0.29, 0.717) is 6.54 Å². The van der Waals surface area contributed by atoms with E-state index in [0.717, 1.165) is 0 Å². The van der Waals surface area contributed by atoms with E-state index in [4.69, 9.17) is 11.1 Å². The van der Waals surface area contributed by atoms with Crippen molar-refractivity contribution >= 4 is 18.4 Å². The van der Waals surface area contributed by atoms with Gasteiger partial charge in [-0.05, 0) is 6.92 Å². The number of halogens is 1. The van der Waals surface area contributed by atoms with Gasteiger partial charge in [0.2, 0.25) is 0 Å². The van der Waals surface area contributed by atoms with Crippen LogP contribution in [-0.2, 0) is 0 Å². The van der Waals surface area contributed by atoms with Crippen LogP contribution in [0.1, 0.15) is 0 Å². The van der Waals surface area contributed by atoms with Crippen LogP contribution in [0.15, 0.2) is 0 Å². The van der Waals surface area contributed by atoms with Gasteiger partial charge >= 0.3 is 0 Å². The molecule has 43 valence electrons. The van der Waals surface area contributed by atoms with E-state index >= 15 is 0 Å². The summed E-state index contributed by atoms with van der Waals surface area (Å²) in [5.74, 6) is -0.0231. The van der Waals surface area contributed by atoms with Gasteiger partial charge in [0.15, 0.2) is 5.96 Å². The van der Waals surface area contributed by atoms with Crippen molar-refractivity contribution in [3.63, 3.8) is 0 Å². The average Bonchev–Trinajstić information content (AvgIpc) is 1.35. The minimum absolute atomic E-state index is 0. The monoisotopic (exact) mass is 122 g/mol. The van der Waals surface area contributed by atoms with E-state index in [1.165, 1.54) is 0 Å². The highest BCUT2D eigenvalue weighted by atomic mass is 35.5. The zero-order valence-electron chi connectivity index (χ0n) is 3.90. The Morgan fingerprint density at radius 2 is 2.29 bits per heavy atom. The molecule has 0 aliphatic rings. The van der Waals surface area contributed by atoms with E-state index in [9.17, 15) is 0 Å². The Balaban J connectivity index is 0. The van der Waals surface area contributed by atoms with Crippen molar-refractivity contribution in [1.82, 2.24) is 5.32 Å². The molecule has 0 atom stereocenters. The molecule has 1 radical (unpaired) electrons. The first-order valence-electron chi connectivity index (χ1n) is 1.64. The molecule has 0 aromatic rings. The van der Waals surface area contributed by atoms with Gasteiger partial charge in [0.1, 0.15) is 0 Å². The van der Waals surface area contributed by atoms with Crippen molar-refractivity contribution < 1.29 is 0 Å². The second-order valence-corrected chi connectivity index (χ2v) is 0.840. The maximum atomic E-state index is 6.52. The zero-order valence-corrected chi connectivity index (χ0v) is 4.72. The summed E-state index contributed by atoms with van der Waals surface area (Å²) in [6, 6.07) is 0. The molecule has 7 heavy (non-hydrogen) atoms. The van der Waals surface area contributed by atoms with Crippen molar-refractivity contribution in [3.05, 3.63) is 6.92 Å². The summed E-state index contributed by atoms with van der Waals surface area (Å²) in [7, 11) is 0. The van der Waals surface area contributed by atoms with Crippen LogP contribution in [0.4, 0.5) is 0 Å². The van der Waals surface area contributed by atoms with E-state index in [-0.39, 0.29) is 18.4 Å². The lowest BCUT2D eigenvalue weighted by atomic mass is 10.7. The van der Waals surface area contributed by atoms with Gasteiger partial charge in [-0.25, -0.2) is 0 Å². The van der Waals surface area contributed by atoms with Gasteiger partial charge in [0.05, 0.1) is 0 Å². The fourth-order valence-corrected chi connectivity index (χ4v) is 0.135. The van der Waals surface area contributed by atoms with Crippen LogP contribution in [0, 0.1) is 12.3 Å². The lowest BCUT2D eigenvalue weighted by Gasteiger charge is -1.92. The molecule has 0 aliphatic heterocycles. The molecular formula is C3H9ClN3. The first-order valence-corrected chi connectivity index (χ1v) is 1.64. The normalized spacial score (nSPS) is 6.43. The Morgan fingerprint density at radius 3 is 2.29 bits per heavy atom. The van der Waals surface area contributed by atoms with Crippen LogP contribution in [0.25, 0.3) is 0 Å². The fourth-order valence-electron chi connectivity index (χ4n) is 0.135. The molecule has 4 heteroatoms. The quantitative estimate of drug-likeness (QED) is 0.331. The van der Waals surface area contributed by atoms with Crippen LogP contribution in [0.5, 0.6) is 0 Å². The molecule has 0 amide bonds. The van der Waals surface area contributed by atoms with Crippen molar-refractivity contribution in [1.29, 1.82) is 5.41 Å². The minimum atomic E-state index is -0.0231. The molecule has 0 aliphatic carbocycles. The Labute approximate surface area is 49.2 Å². The van der Waals surface area contributed by atoms with Crippen LogP contribution in [0.3, 0.4) is 0 Å². The molecule has 0 heterocycles. The lowest BCUT2D eigenvalue weighted by Crippen LogP contribution is -2.29. The van der Waals surface area contributed by atoms with Crippen LogP contribution >= 0.6 is 12.4 Å². The molecule has 0 aromatic heterocycles. The van der Waals surface area contributed by atoms with Crippen LogP contribution in [0.2, 0.25) is 0 Å². The predicted molar refractivity (Wildman–Crippen MR) is 32.5 cm³/mol. The van der Waals surface area contributed by atoms with E-state index in [1.807, 2.05) is 0 Å². The smallest absolute Gasteiger partial charge is 0.185 e. The SMILES string of the molecule is Cl.[CH2]CNC(=N)N. The lowest BCUT2D eigenvalue weighted by molar-refractivity contribution is 1.01. The largest absolute Gasteiger partial charge is 0.370 e. The highest BCUT2D eigenvalue weighted by Crippen LogP contribution is 1.45. The Kier molecular flexibility index (Phi) is 7.75. The molecular weight excluding hydrogens is 114 g/mol. The zero-order chi connectivity index (χ0) is 4.99. The van der Waals surface area contributed by atoms with Gasteiger partial charge in [-0.3, -0.25) is 5.41 Å². The highest BCUT2D eigenvalue weighted by Gasteiger charge is 1.73. The topological polar surface area (TPSA) is 61.9 Å². The molecule has 0 rings (SSSR count). The first kappa shape index (κ1) is 9.75. The molecule has 0 saturated heterocycles. The maximum absolute atomic E-state index is 6.52. The number of rotatable bonds is 1. The Bertz CT molecular complexity index is 54.1. The summed E-state index contributed by atoms with van der Waals surface area (Å²) in [5, 5.41) is 8.98. The molecule has 3 nitrogen and oxygen atoms in total. The van der Waals surface area contributed by atoms with Gasteiger partial charge in [-0.15, -0.1) is 12.4 Å². The van der Waals surface area contributed by atoms with Gasteiger partial charge in [0, 0.05) is 6.54 Å². The summed E-state index contributed by atoms with van der Waals surface area (Å²) < 4.78 is 0. The molecule has 4 N–H and O–H groups in total. The number of guanidine groups is 1. The van der Waals surface area contributed by atoms with Gasteiger partial charge in [-0.1, -0.05) is 0 Å². The number of hydrogen-bond acceptors (Lipinski definition) is 1. The minimum Gasteiger partial charge on any atom is -0.370 e. The maximum Gasteiger partial charge on any atom is 0.185 e. The second-order valence-electron chi connectivity index (χ2n) is 0.840. The first-order chi connectivity index (χ1) is 2.77. The highest BCUT2D eigenvalue weighted by molar-refractivity contribution is 5.85. The summed E-state index contributed by atoms with van der Waals surface area (Å²) >= 11 is 0. The van der Waals surface area contributed by atoms with Crippen LogP contribution in [-0.4, -0.2) is 12.5 Å². The van der Waals surface area contributed by atoms with Crippen molar-refractivity contribution in [2.24, 2.45) is 5.73 Å². The summed E-state index contributed by atoms with van der Waals surface area (Å²) in [6.07, 6.45) is 0. The van der Waals surface area contributed by atoms with E-state index < -0.39 is 0 Å². The standard InChI is InChI=1S/C3H8N3.ClH/c1-2-6-3(4)5;/h1-2H2,(H4,4,5,6);1H. The third-order valence-corrected chi connectivity index (χ3v) is 0.315. The molecule has 0 spiro atoms. The molecule has 0 aromatic carbocycles. The molecule has 0 bridgehead atoms. The molecule has 0 unspecified atom stereocenters. The van der Waals surface area contributed by atoms with Crippen LogP contribution < -0.4 is 11.1 Å². The second kappa shape index (κ2) is 5.56. The Hall–Kier alpha value is -0.440. The van der Waals surface area contributed by atoms with Crippen molar-refractivity contribution in [2.45, 2.75) is 0 Å². The number of nitrogens with one attached hydrogen (secondary N) is 2. The van der Waals surface area contributed by atoms with Crippen molar-refractivity contribution in [3.8, 4) is 0 Å². The third-order valence-electron chi connectivity index (χ3n) is 0.315. The van der Waals surface area contributed by atoms with Gasteiger partial charge in [0.25, 0.3) is 0 Å². The predicted octanol–water partition coefficient (Wildman–Crippen LogP) is -0.275. The fraction of sp³-hybridized carbons (Fsp3) is 0.333. The van der Waals surface area contributed by atoms with Crippen molar-refractivity contribution in [2.75, 3.05) is 6.54 Å². The molecule has 0 fully saturated rings. The van der Waals surface area contributed by atoms with Gasteiger partial charge in [-0.2, -0.15) is 0 Å². The summed E-state index contributed by atoms with van der Waals surface area (Å²) in [4.78, 5) is 0.